The number of rotatable bonds is 3. The minimum Gasteiger partial charge on any atom is -0.100 e. The van der Waals surface area contributed by atoms with Gasteiger partial charge in [-0.1, -0.05) is 44.9 Å². The predicted octanol–water partition coefficient (Wildman–Crippen LogP) is 5.22. The second-order valence-corrected chi connectivity index (χ2v) is 4.74. The van der Waals surface area contributed by atoms with Gasteiger partial charge < -0.3 is 0 Å². The fraction of sp³-hybridized carbons (Fsp3) is 0.714. The smallest absolute Gasteiger partial charge is 0.0263 e. The average Bonchev–Trinajstić information content (AvgIpc) is 2.01. The molecule has 0 heteroatoms. The van der Waals surface area contributed by atoms with Gasteiger partial charge in [-0.15, -0.1) is 6.58 Å². The Bertz CT molecular complexity index is 170. The summed E-state index contributed by atoms with van der Waals surface area (Å²) < 4.78 is 0. The van der Waals surface area contributed by atoms with Crippen molar-refractivity contribution in [3.63, 3.8) is 0 Å². The van der Waals surface area contributed by atoms with Crippen LogP contribution in [0.3, 0.4) is 0 Å². The Balaban J connectivity index is 0. The summed E-state index contributed by atoms with van der Waals surface area (Å²) in [7, 11) is 0. The van der Waals surface area contributed by atoms with E-state index in [1.807, 2.05) is 0 Å². The van der Waals surface area contributed by atoms with Crippen LogP contribution in [0.25, 0.3) is 0 Å². The van der Waals surface area contributed by atoms with Crippen LogP contribution < -0.4 is 0 Å². The molecule has 0 N–H and O–H groups in total. The van der Waals surface area contributed by atoms with Gasteiger partial charge in [-0.2, -0.15) is 0 Å². The molecular weight excluding hydrogens is 168 g/mol. The van der Waals surface area contributed by atoms with E-state index in [4.69, 9.17) is 0 Å². The van der Waals surface area contributed by atoms with Gasteiger partial charge in [0.15, 0.2) is 0 Å². The van der Waals surface area contributed by atoms with E-state index >= 15 is 0 Å². The van der Waals surface area contributed by atoms with Gasteiger partial charge in [0.2, 0.25) is 0 Å². The second-order valence-electron chi connectivity index (χ2n) is 4.74. The summed E-state index contributed by atoms with van der Waals surface area (Å²) >= 11 is 0. The normalized spacial score (nSPS) is 11.4. The molecule has 84 valence electrons. The summed E-state index contributed by atoms with van der Waals surface area (Å²) in [6, 6.07) is 0. The summed E-state index contributed by atoms with van der Waals surface area (Å²) in [5, 5.41) is 0. The van der Waals surface area contributed by atoms with Gasteiger partial charge in [0.1, 0.15) is 0 Å². The summed E-state index contributed by atoms with van der Waals surface area (Å²) in [5.74, 6) is 1.50. The monoisotopic (exact) mass is 196 g/mol. The van der Waals surface area contributed by atoms with E-state index in [1.54, 1.807) is 0 Å². The van der Waals surface area contributed by atoms with Crippen LogP contribution in [0.5, 0.6) is 0 Å². The Morgan fingerprint density at radius 1 is 1.14 bits per heavy atom. The van der Waals surface area contributed by atoms with Crippen LogP contribution in [0.15, 0.2) is 23.8 Å². The van der Waals surface area contributed by atoms with Gasteiger partial charge in [0.25, 0.3) is 0 Å². The lowest BCUT2D eigenvalue weighted by Gasteiger charge is -2.00. The number of hydrogen-bond acceptors (Lipinski definition) is 0. The highest BCUT2D eigenvalue weighted by Gasteiger charge is 1.90. The van der Waals surface area contributed by atoms with Crippen molar-refractivity contribution in [2.24, 2.45) is 11.8 Å². The first-order chi connectivity index (χ1) is 6.31. The number of allylic oxidation sites excluding steroid dienone is 3. The van der Waals surface area contributed by atoms with Gasteiger partial charge in [0, 0.05) is 0 Å². The zero-order chi connectivity index (χ0) is 11.7. The first-order valence-electron chi connectivity index (χ1n) is 5.58. The van der Waals surface area contributed by atoms with Crippen LogP contribution in [0, 0.1) is 11.8 Å². The van der Waals surface area contributed by atoms with Gasteiger partial charge in [0.05, 0.1) is 0 Å². The van der Waals surface area contributed by atoms with E-state index in [0.717, 1.165) is 11.8 Å². The van der Waals surface area contributed by atoms with Crippen LogP contribution in [0.1, 0.15) is 54.9 Å². The standard InChI is InChI=1S/2C7H14/c1-6(2)5-7(3)4;1-5-7(4)6(2)3/h7H,1,5H2,2-4H3;5-6H,1-4H3. The van der Waals surface area contributed by atoms with Crippen molar-refractivity contribution in [2.75, 3.05) is 0 Å². The Morgan fingerprint density at radius 3 is 1.57 bits per heavy atom. The van der Waals surface area contributed by atoms with E-state index in [9.17, 15) is 0 Å². The third kappa shape index (κ3) is 14.0. The van der Waals surface area contributed by atoms with Crippen molar-refractivity contribution >= 4 is 0 Å². The van der Waals surface area contributed by atoms with Crippen molar-refractivity contribution in [2.45, 2.75) is 54.9 Å². The molecule has 0 aliphatic carbocycles. The maximum Gasteiger partial charge on any atom is -0.0263 e. The quantitative estimate of drug-likeness (QED) is 0.543. The maximum atomic E-state index is 3.80. The topological polar surface area (TPSA) is 0 Å². The third-order valence-corrected chi connectivity index (χ3v) is 2.12. The van der Waals surface area contributed by atoms with Crippen molar-refractivity contribution in [3.8, 4) is 0 Å². The number of hydrogen-bond donors (Lipinski definition) is 0. The highest BCUT2D eigenvalue weighted by molar-refractivity contribution is 4.97. The molecule has 0 nitrogen and oxygen atoms in total. The third-order valence-electron chi connectivity index (χ3n) is 2.12. The summed E-state index contributed by atoms with van der Waals surface area (Å²) in [4.78, 5) is 0. The molecule has 0 unspecified atom stereocenters. The van der Waals surface area contributed by atoms with Crippen molar-refractivity contribution in [1.29, 1.82) is 0 Å². The van der Waals surface area contributed by atoms with E-state index < -0.39 is 0 Å². The molecule has 0 rings (SSSR count). The second kappa shape index (κ2) is 9.05. The van der Waals surface area contributed by atoms with E-state index in [1.165, 1.54) is 17.6 Å². The van der Waals surface area contributed by atoms with E-state index in [2.05, 4.69) is 61.1 Å². The molecule has 0 aromatic heterocycles. The van der Waals surface area contributed by atoms with Crippen LogP contribution in [-0.4, -0.2) is 0 Å². The fourth-order valence-electron chi connectivity index (χ4n) is 1.03. The fourth-order valence-corrected chi connectivity index (χ4v) is 1.03. The molecule has 0 radical (unpaired) electrons. The molecular formula is C14H28. The van der Waals surface area contributed by atoms with E-state index in [-0.39, 0.29) is 0 Å². The molecule has 0 amide bonds. The summed E-state index contributed by atoms with van der Waals surface area (Å²) in [6.07, 6.45) is 3.32. The largest absolute Gasteiger partial charge is 0.100 e. The lowest BCUT2D eigenvalue weighted by Crippen LogP contribution is -1.85. The predicted molar refractivity (Wildman–Crippen MR) is 68.5 cm³/mol. The summed E-state index contributed by atoms with van der Waals surface area (Å²) in [5.41, 5.74) is 2.76. The van der Waals surface area contributed by atoms with Crippen molar-refractivity contribution < 1.29 is 0 Å². The van der Waals surface area contributed by atoms with Gasteiger partial charge in [-0.3, -0.25) is 0 Å². The zero-order valence-electron chi connectivity index (χ0n) is 11.1. The van der Waals surface area contributed by atoms with Gasteiger partial charge in [-0.05, 0) is 39.0 Å². The molecule has 0 fully saturated rings. The molecule has 0 saturated carbocycles. The van der Waals surface area contributed by atoms with Crippen LogP contribution >= 0.6 is 0 Å². The molecule has 0 saturated heterocycles. The molecule has 0 aromatic rings. The van der Waals surface area contributed by atoms with E-state index in [0.29, 0.717) is 0 Å². The molecule has 0 atom stereocenters. The zero-order valence-corrected chi connectivity index (χ0v) is 11.1. The summed E-state index contributed by atoms with van der Waals surface area (Å²) in [6.45, 7) is 18.9. The minimum atomic E-state index is 0.727. The first-order valence-corrected chi connectivity index (χ1v) is 5.58. The molecule has 0 spiro atoms. The minimum absolute atomic E-state index is 0.727. The van der Waals surface area contributed by atoms with Gasteiger partial charge in [-0.25, -0.2) is 0 Å². The lowest BCUT2D eigenvalue weighted by molar-refractivity contribution is 0.644. The Hall–Kier alpha value is -0.520. The van der Waals surface area contributed by atoms with Crippen LogP contribution in [0.4, 0.5) is 0 Å². The lowest BCUT2D eigenvalue weighted by atomic mass is 10.1. The van der Waals surface area contributed by atoms with Crippen molar-refractivity contribution in [1.82, 2.24) is 0 Å². The Kier molecular flexibility index (Phi) is 10.3. The molecule has 0 aromatic carbocycles. The van der Waals surface area contributed by atoms with Gasteiger partial charge >= 0.3 is 0 Å². The first kappa shape index (κ1) is 15.9. The van der Waals surface area contributed by atoms with Crippen LogP contribution in [-0.2, 0) is 0 Å². The molecule has 0 aliphatic heterocycles. The molecule has 0 heterocycles. The maximum absolute atomic E-state index is 3.80. The Morgan fingerprint density at radius 2 is 1.57 bits per heavy atom. The SMILES string of the molecule is C=C(C)CC(C)C.CC=C(C)C(C)C. The molecule has 0 aliphatic rings. The highest BCUT2D eigenvalue weighted by Crippen LogP contribution is 2.06. The average molecular weight is 196 g/mol. The Labute approximate surface area is 91.1 Å². The van der Waals surface area contributed by atoms with Crippen LogP contribution in [0.2, 0.25) is 0 Å². The molecule has 0 bridgehead atoms. The highest BCUT2D eigenvalue weighted by atomic mass is 14.0. The van der Waals surface area contributed by atoms with Crippen molar-refractivity contribution in [3.05, 3.63) is 23.8 Å². The molecule has 14 heavy (non-hydrogen) atoms.